The van der Waals surface area contributed by atoms with Gasteiger partial charge in [-0.1, -0.05) is 25.8 Å². The van der Waals surface area contributed by atoms with Crippen molar-refractivity contribution in [1.29, 1.82) is 0 Å². The van der Waals surface area contributed by atoms with E-state index in [2.05, 4.69) is 24.4 Å². The predicted octanol–water partition coefficient (Wildman–Crippen LogP) is -1.14. The molecule has 3 aliphatic rings. The van der Waals surface area contributed by atoms with E-state index < -0.39 is 23.8 Å². The Morgan fingerprint density at radius 2 is 1.80 bits per heavy atom. The minimum atomic E-state index is -1.05. The first-order chi connectivity index (χ1) is 12.0. The van der Waals surface area contributed by atoms with Crippen LogP contribution in [0.4, 0.5) is 4.79 Å². The van der Waals surface area contributed by atoms with Crippen LogP contribution >= 0.6 is 0 Å². The molecule has 2 aliphatic heterocycles. The summed E-state index contributed by atoms with van der Waals surface area (Å²) in [6.07, 6.45) is 4.75. The van der Waals surface area contributed by atoms with Crippen molar-refractivity contribution in [2.45, 2.75) is 38.1 Å². The first-order valence-corrected chi connectivity index (χ1v) is 9.17. The second kappa shape index (κ2) is 7.53. The van der Waals surface area contributed by atoms with Gasteiger partial charge in [0.05, 0.1) is 33.2 Å². The SMILES string of the molecule is C=C(NN1CC[NH+](C)CC1)[C@H]1C(=O)NC(=O)N(C2CCCCC2)C1=O. The standard InChI is InChI=1S/C17H27N5O3/c1-12(19-21-10-8-20(2)9-11-21)14-15(23)18-17(25)22(16(14)24)13-6-4-3-5-7-13/h13-14,19H,1,3-11H2,2H3,(H,18,23,25)/p+1/t14-/m0/s1. The fraction of sp³-hybridized carbons (Fsp3) is 0.706. The summed E-state index contributed by atoms with van der Waals surface area (Å²) >= 11 is 0. The van der Waals surface area contributed by atoms with Crippen LogP contribution in [0.2, 0.25) is 0 Å². The number of hydrogen-bond donors (Lipinski definition) is 3. The Kier molecular flexibility index (Phi) is 5.39. The van der Waals surface area contributed by atoms with Crippen molar-refractivity contribution in [1.82, 2.24) is 20.7 Å². The maximum atomic E-state index is 12.9. The lowest BCUT2D eigenvalue weighted by molar-refractivity contribution is -0.884. The van der Waals surface area contributed by atoms with Gasteiger partial charge < -0.3 is 10.3 Å². The fourth-order valence-electron chi connectivity index (χ4n) is 3.85. The second-order valence-electron chi connectivity index (χ2n) is 7.31. The minimum absolute atomic E-state index is 0.114. The number of hydrazine groups is 1. The van der Waals surface area contributed by atoms with E-state index in [1.807, 2.05) is 5.01 Å². The molecule has 0 aromatic heterocycles. The molecule has 0 aromatic carbocycles. The van der Waals surface area contributed by atoms with Crippen molar-refractivity contribution in [3.63, 3.8) is 0 Å². The lowest BCUT2D eigenvalue weighted by Crippen LogP contribution is -3.12. The topological polar surface area (TPSA) is 86.2 Å². The zero-order valence-electron chi connectivity index (χ0n) is 14.8. The van der Waals surface area contributed by atoms with Crippen LogP contribution in [0.5, 0.6) is 0 Å². The Balaban J connectivity index is 1.68. The summed E-state index contributed by atoms with van der Waals surface area (Å²) in [4.78, 5) is 40.1. The van der Waals surface area contributed by atoms with E-state index in [4.69, 9.17) is 0 Å². The average molecular weight is 350 g/mol. The van der Waals surface area contributed by atoms with Gasteiger partial charge in [0.2, 0.25) is 11.8 Å². The third-order valence-electron chi connectivity index (χ3n) is 5.40. The molecule has 0 aromatic rings. The molecular weight excluding hydrogens is 322 g/mol. The molecule has 0 bridgehead atoms. The maximum Gasteiger partial charge on any atom is 0.331 e. The van der Waals surface area contributed by atoms with Crippen LogP contribution in [-0.4, -0.2) is 67.0 Å². The Bertz CT molecular complexity index is 565. The number of carbonyl (C=O) groups excluding carboxylic acids is 3. The molecule has 2 saturated heterocycles. The number of quaternary nitrogens is 1. The normalized spacial score (nSPS) is 27.3. The maximum absolute atomic E-state index is 12.9. The Morgan fingerprint density at radius 1 is 1.16 bits per heavy atom. The second-order valence-corrected chi connectivity index (χ2v) is 7.31. The summed E-state index contributed by atoms with van der Waals surface area (Å²) in [5.74, 6) is -2.08. The van der Waals surface area contributed by atoms with Crippen molar-refractivity contribution in [2.75, 3.05) is 33.2 Å². The number of carbonyl (C=O) groups is 3. The average Bonchev–Trinajstić information content (AvgIpc) is 2.57. The highest BCUT2D eigenvalue weighted by Gasteiger charge is 2.45. The van der Waals surface area contributed by atoms with Crippen LogP contribution < -0.4 is 15.6 Å². The Hall–Kier alpha value is -1.93. The summed E-state index contributed by atoms with van der Waals surface area (Å²) in [7, 11) is 2.14. The van der Waals surface area contributed by atoms with Crippen LogP contribution in [-0.2, 0) is 9.59 Å². The number of imide groups is 2. The van der Waals surface area contributed by atoms with Gasteiger partial charge in [-0.05, 0) is 12.8 Å². The van der Waals surface area contributed by atoms with Gasteiger partial charge in [-0.15, -0.1) is 0 Å². The molecule has 4 amide bonds. The number of likely N-dealkylation sites (N-methyl/N-ethyl adjacent to an activating group) is 1. The van der Waals surface area contributed by atoms with Crippen LogP contribution in [0.1, 0.15) is 32.1 Å². The van der Waals surface area contributed by atoms with Gasteiger partial charge in [0.25, 0.3) is 0 Å². The van der Waals surface area contributed by atoms with Crippen molar-refractivity contribution in [3.05, 3.63) is 12.3 Å². The third-order valence-corrected chi connectivity index (χ3v) is 5.40. The van der Waals surface area contributed by atoms with Gasteiger partial charge in [-0.2, -0.15) is 0 Å². The van der Waals surface area contributed by atoms with E-state index >= 15 is 0 Å². The van der Waals surface area contributed by atoms with Gasteiger partial charge in [0, 0.05) is 11.7 Å². The first kappa shape index (κ1) is 17.9. The number of urea groups is 1. The molecule has 1 aliphatic carbocycles. The number of piperazine rings is 1. The molecule has 3 N–H and O–H groups in total. The van der Waals surface area contributed by atoms with Crippen molar-refractivity contribution in [3.8, 4) is 0 Å². The van der Waals surface area contributed by atoms with Gasteiger partial charge in [0.15, 0.2) is 5.92 Å². The predicted molar refractivity (Wildman–Crippen MR) is 91.2 cm³/mol. The van der Waals surface area contributed by atoms with Crippen LogP contribution in [0.15, 0.2) is 12.3 Å². The lowest BCUT2D eigenvalue weighted by atomic mass is 9.92. The number of rotatable bonds is 4. The summed E-state index contributed by atoms with van der Waals surface area (Å²) in [6.45, 7) is 7.52. The number of barbiturate groups is 1. The van der Waals surface area contributed by atoms with E-state index in [1.54, 1.807) is 0 Å². The van der Waals surface area contributed by atoms with Crippen molar-refractivity contribution >= 4 is 17.8 Å². The highest BCUT2D eigenvalue weighted by molar-refractivity contribution is 6.17. The van der Waals surface area contributed by atoms with Crippen LogP contribution in [0.25, 0.3) is 0 Å². The summed E-state index contributed by atoms with van der Waals surface area (Å²) < 4.78 is 0. The van der Waals surface area contributed by atoms with Crippen molar-refractivity contribution < 1.29 is 19.3 Å². The molecule has 8 heteroatoms. The summed E-state index contributed by atoms with van der Waals surface area (Å²) in [5.41, 5.74) is 3.46. The first-order valence-electron chi connectivity index (χ1n) is 9.17. The molecule has 8 nitrogen and oxygen atoms in total. The van der Waals surface area contributed by atoms with Gasteiger partial charge in [-0.3, -0.25) is 19.8 Å². The van der Waals surface area contributed by atoms with Gasteiger partial charge in [0.1, 0.15) is 0 Å². The number of nitrogens with zero attached hydrogens (tertiary/aromatic N) is 2. The Morgan fingerprint density at radius 3 is 2.44 bits per heavy atom. The van der Waals surface area contributed by atoms with Gasteiger partial charge in [-0.25, -0.2) is 9.80 Å². The molecule has 3 fully saturated rings. The zero-order chi connectivity index (χ0) is 18.0. The number of amides is 4. The molecule has 1 saturated carbocycles. The molecule has 3 rings (SSSR count). The van der Waals surface area contributed by atoms with E-state index in [9.17, 15) is 14.4 Å². The molecule has 0 unspecified atom stereocenters. The smallest absolute Gasteiger partial charge is 0.331 e. The lowest BCUT2D eigenvalue weighted by Gasteiger charge is -2.39. The van der Waals surface area contributed by atoms with E-state index in [1.165, 1.54) is 9.80 Å². The highest BCUT2D eigenvalue weighted by atomic mass is 16.2. The van der Waals surface area contributed by atoms with Crippen LogP contribution in [0.3, 0.4) is 0 Å². The molecule has 0 radical (unpaired) electrons. The third kappa shape index (κ3) is 3.85. The molecule has 1 atom stereocenters. The molecule has 138 valence electrons. The van der Waals surface area contributed by atoms with E-state index in [0.29, 0.717) is 5.70 Å². The quantitative estimate of drug-likeness (QED) is 0.558. The summed E-state index contributed by atoms with van der Waals surface area (Å²) in [5, 5.41) is 4.32. The Labute approximate surface area is 148 Å². The van der Waals surface area contributed by atoms with Crippen molar-refractivity contribution in [2.24, 2.45) is 5.92 Å². The van der Waals surface area contributed by atoms with Gasteiger partial charge >= 0.3 is 6.03 Å². The van der Waals surface area contributed by atoms with Crippen LogP contribution in [0, 0.1) is 5.92 Å². The largest absolute Gasteiger partial charge is 0.335 e. The summed E-state index contributed by atoms with van der Waals surface area (Å²) in [6, 6.07) is -0.703. The molecule has 25 heavy (non-hydrogen) atoms. The number of hydrogen-bond acceptors (Lipinski definition) is 5. The monoisotopic (exact) mass is 350 g/mol. The molecule has 2 heterocycles. The molecule has 0 spiro atoms. The zero-order valence-corrected chi connectivity index (χ0v) is 14.8. The number of nitrogens with one attached hydrogen (secondary N) is 3. The minimum Gasteiger partial charge on any atom is -0.335 e. The highest BCUT2D eigenvalue weighted by Crippen LogP contribution is 2.27. The fourth-order valence-corrected chi connectivity index (χ4v) is 3.85. The van der Waals surface area contributed by atoms with E-state index in [-0.39, 0.29) is 6.04 Å². The molecular formula is C17H28N5O3+. The van der Waals surface area contributed by atoms with E-state index in [0.717, 1.165) is 58.3 Å².